The van der Waals surface area contributed by atoms with Crippen LogP contribution >= 0.6 is 0 Å². The third kappa shape index (κ3) is 4.65. The van der Waals surface area contributed by atoms with Gasteiger partial charge in [-0.1, -0.05) is 24.3 Å². The van der Waals surface area contributed by atoms with Gasteiger partial charge < -0.3 is 24.0 Å². The second kappa shape index (κ2) is 10.3. The van der Waals surface area contributed by atoms with Gasteiger partial charge in [-0.05, 0) is 37.5 Å². The van der Waals surface area contributed by atoms with Crippen molar-refractivity contribution in [2.45, 2.75) is 38.3 Å². The van der Waals surface area contributed by atoms with Crippen molar-refractivity contribution >= 4 is 35.6 Å². The lowest BCUT2D eigenvalue weighted by atomic mass is 10.1. The van der Waals surface area contributed by atoms with E-state index < -0.39 is 0 Å². The molecule has 2 aromatic carbocycles. The molecule has 40 heavy (non-hydrogen) atoms. The Bertz CT molecular complexity index is 1490. The molecule has 0 N–H and O–H groups in total. The monoisotopic (exact) mass is 540 g/mol. The molecule has 0 aliphatic carbocycles. The minimum absolute atomic E-state index is 0.0224. The van der Waals surface area contributed by atoms with Gasteiger partial charge in [0, 0.05) is 44.1 Å². The third-order valence-electron chi connectivity index (χ3n) is 7.72. The smallest absolute Gasteiger partial charge is 0.257 e. The highest BCUT2D eigenvalue weighted by atomic mass is 16.5. The Balaban J connectivity index is 1.09. The molecule has 0 spiro atoms. The molecular formula is C31H32N4O5. The molecular weight excluding hydrogens is 508 g/mol. The Kier molecular flexibility index (Phi) is 6.65. The van der Waals surface area contributed by atoms with Gasteiger partial charge >= 0.3 is 0 Å². The lowest BCUT2D eigenvalue weighted by Gasteiger charge is -2.20. The summed E-state index contributed by atoms with van der Waals surface area (Å²) >= 11 is 0. The summed E-state index contributed by atoms with van der Waals surface area (Å²) in [5.41, 5.74) is 5.21. The van der Waals surface area contributed by atoms with E-state index in [9.17, 15) is 9.59 Å². The summed E-state index contributed by atoms with van der Waals surface area (Å²) in [6, 6.07) is 7.03. The molecule has 2 atom stereocenters. The number of aryl methyl sites for hydroxylation is 1. The first-order chi connectivity index (χ1) is 19.3. The van der Waals surface area contributed by atoms with E-state index in [0.717, 1.165) is 29.6 Å². The number of hydrogen-bond acceptors (Lipinski definition) is 7. The summed E-state index contributed by atoms with van der Waals surface area (Å²) in [6.45, 7) is 11.9. The standard InChI is InChI=1S/C31H32N4O5/c1-18-8-21-14-32-25-12-27(20(3)10-23(25)30(36)34(21)16-18)39-6-5-7-40-29-13-26-24(11-28(29)38-4)31(37)35-17-19(2)9-22(35)15-33-26/h10-15,21-22H,1-2,5-9,16-17H2,3-4H3. The van der Waals surface area contributed by atoms with E-state index in [-0.39, 0.29) is 23.9 Å². The number of fused-ring (bicyclic) bond motifs is 4. The van der Waals surface area contributed by atoms with Gasteiger partial charge in [-0.3, -0.25) is 19.6 Å². The molecule has 2 fully saturated rings. The number of ether oxygens (including phenoxy) is 3. The second-order valence-corrected chi connectivity index (χ2v) is 10.7. The Morgan fingerprint density at radius 2 is 1.32 bits per heavy atom. The molecule has 2 saturated heterocycles. The molecule has 9 nitrogen and oxygen atoms in total. The first-order valence-electron chi connectivity index (χ1n) is 13.5. The summed E-state index contributed by atoms with van der Waals surface area (Å²) in [7, 11) is 1.55. The zero-order valence-electron chi connectivity index (χ0n) is 22.8. The summed E-state index contributed by atoms with van der Waals surface area (Å²) in [5.74, 6) is 1.59. The minimum Gasteiger partial charge on any atom is -0.493 e. The average Bonchev–Trinajstić information content (AvgIpc) is 3.45. The van der Waals surface area contributed by atoms with Crippen molar-refractivity contribution in [1.82, 2.24) is 9.80 Å². The topological polar surface area (TPSA) is 93.0 Å². The molecule has 2 unspecified atom stereocenters. The molecule has 206 valence electrons. The van der Waals surface area contributed by atoms with Crippen LogP contribution in [-0.4, -0.2) is 79.5 Å². The SMILES string of the molecule is C=C1CC2C=Nc3cc(OCCCOc4cc5c(cc4OC)C(=O)N4CC(=C)CC4C=N5)c(C)cc3C(=O)N2C1. The van der Waals surface area contributed by atoms with Crippen molar-refractivity contribution < 1.29 is 23.8 Å². The van der Waals surface area contributed by atoms with Crippen LogP contribution in [0.4, 0.5) is 11.4 Å². The Hall–Kier alpha value is -4.40. The fourth-order valence-electron chi connectivity index (χ4n) is 5.64. The van der Waals surface area contributed by atoms with Crippen LogP contribution in [0.2, 0.25) is 0 Å². The summed E-state index contributed by atoms with van der Waals surface area (Å²) < 4.78 is 17.6. The molecule has 4 aliphatic rings. The highest BCUT2D eigenvalue weighted by Gasteiger charge is 2.35. The Morgan fingerprint density at radius 3 is 1.90 bits per heavy atom. The van der Waals surface area contributed by atoms with E-state index in [1.165, 1.54) is 0 Å². The fraction of sp³-hybridized carbons (Fsp3) is 0.355. The maximum Gasteiger partial charge on any atom is 0.257 e. The predicted octanol–water partition coefficient (Wildman–Crippen LogP) is 4.82. The van der Waals surface area contributed by atoms with Crippen molar-refractivity contribution in [1.29, 1.82) is 0 Å². The number of benzene rings is 2. The summed E-state index contributed by atoms with van der Waals surface area (Å²) in [5, 5.41) is 0. The van der Waals surface area contributed by atoms with Gasteiger partial charge in [0.05, 0.1) is 54.9 Å². The highest BCUT2D eigenvalue weighted by molar-refractivity contribution is 6.04. The first-order valence-corrected chi connectivity index (χ1v) is 13.5. The van der Waals surface area contributed by atoms with Crippen LogP contribution in [0.3, 0.4) is 0 Å². The van der Waals surface area contributed by atoms with E-state index in [2.05, 4.69) is 23.1 Å². The van der Waals surface area contributed by atoms with Gasteiger partial charge in [0.25, 0.3) is 11.8 Å². The van der Waals surface area contributed by atoms with Gasteiger partial charge in [-0.25, -0.2) is 0 Å². The van der Waals surface area contributed by atoms with Gasteiger partial charge in [0.1, 0.15) is 5.75 Å². The third-order valence-corrected chi connectivity index (χ3v) is 7.72. The van der Waals surface area contributed by atoms with Gasteiger partial charge in [-0.15, -0.1) is 0 Å². The molecule has 6 rings (SSSR count). The Labute approximate surface area is 233 Å². The van der Waals surface area contributed by atoms with Crippen LogP contribution < -0.4 is 14.2 Å². The number of carbonyl (C=O) groups excluding carboxylic acids is 2. The molecule has 4 aliphatic heterocycles. The van der Waals surface area contributed by atoms with Crippen molar-refractivity contribution in [3.63, 3.8) is 0 Å². The fourth-order valence-corrected chi connectivity index (χ4v) is 5.64. The van der Waals surface area contributed by atoms with E-state index >= 15 is 0 Å². The molecule has 0 radical (unpaired) electrons. The molecule has 9 heteroatoms. The van der Waals surface area contributed by atoms with Crippen LogP contribution in [0, 0.1) is 6.92 Å². The zero-order chi connectivity index (χ0) is 28.0. The molecule has 4 heterocycles. The zero-order valence-corrected chi connectivity index (χ0v) is 22.8. The number of rotatable bonds is 7. The van der Waals surface area contributed by atoms with Crippen molar-refractivity contribution in [3.8, 4) is 17.2 Å². The predicted molar refractivity (Wildman–Crippen MR) is 153 cm³/mol. The van der Waals surface area contributed by atoms with Gasteiger partial charge in [-0.2, -0.15) is 0 Å². The van der Waals surface area contributed by atoms with Crippen LogP contribution in [-0.2, 0) is 0 Å². The van der Waals surface area contributed by atoms with Crippen molar-refractivity contribution in [3.05, 3.63) is 65.3 Å². The molecule has 0 bridgehead atoms. The van der Waals surface area contributed by atoms with Gasteiger partial charge in [0.2, 0.25) is 0 Å². The van der Waals surface area contributed by atoms with Crippen LogP contribution in [0.15, 0.2) is 58.6 Å². The number of methoxy groups -OCH3 is 1. The number of nitrogens with zero attached hydrogens (tertiary/aromatic N) is 4. The first kappa shape index (κ1) is 25.9. The normalized spacial score (nSPS) is 21.1. The lowest BCUT2D eigenvalue weighted by molar-refractivity contribution is 0.0770. The molecule has 2 aromatic rings. The number of aliphatic imine (C=N–C) groups is 2. The van der Waals surface area contributed by atoms with E-state index in [4.69, 9.17) is 14.2 Å². The quantitative estimate of drug-likeness (QED) is 0.371. The van der Waals surface area contributed by atoms with Crippen molar-refractivity contribution in [2.75, 3.05) is 33.4 Å². The van der Waals surface area contributed by atoms with Crippen LogP contribution in [0.5, 0.6) is 17.2 Å². The molecule has 0 aromatic heterocycles. The van der Waals surface area contributed by atoms with Crippen LogP contribution in [0.1, 0.15) is 45.5 Å². The Morgan fingerprint density at radius 1 is 0.800 bits per heavy atom. The lowest BCUT2D eigenvalue weighted by Crippen LogP contribution is -2.35. The number of hydrogen-bond donors (Lipinski definition) is 0. The second-order valence-electron chi connectivity index (χ2n) is 10.7. The summed E-state index contributed by atoms with van der Waals surface area (Å²) in [4.78, 5) is 39.1. The molecule has 0 saturated carbocycles. The number of amides is 2. The van der Waals surface area contributed by atoms with E-state index in [0.29, 0.717) is 72.5 Å². The summed E-state index contributed by atoms with van der Waals surface area (Å²) in [6.07, 6.45) is 5.73. The highest BCUT2D eigenvalue weighted by Crippen LogP contribution is 2.39. The van der Waals surface area contributed by atoms with E-state index in [1.807, 2.05) is 36.4 Å². The maximum atomic E-state index is 13.2. The van der Waals surface area contributed by atoms with Crippen molar-refractivity contribution in [2.24, 2.45) is 9.98 Å². The van der Waals surface area contributed by atoms with Gasteiger partial charge in [0.15, 0.2) is 11.5 Å². The number of carbonyl (C=O) groups is 2. The largest absolute Gasteiger partial charge is 0.493 e. The molecule has 2 amide bonds. The van der Waals surface area contributed by atoms with Crippen LogP contribution in [0.25, 0.3) is 0 Å². The minimum atomic E-state index is -0.0811. The average molecular weight is 541 g/mol. The van der Waals surface area contributed by atoms with E-state index in [1.54, 1.807) is 24.1 Å². The maximum absolute atomic E-state index is 13.2.